The maximum atomic E-state index is 12.7. The van der Waals surface area contributed by atoms with E-state index < -0.39 is 0 Å². The number of urea groups is 1. The summed E-state index contributed by atoms with van der Waals surface area (Å²) >= 11 is 0. The largest absolute Gasteiger partial charge is 0.497 e. The fourth-order valence-electron chi connectivity index (χ4n) is 3.74. The van der Waals surface area contributed by atoms with Crippen molar-refractivity contribution in [3.05, 3.63) is 24.3 Å². The molecule has 136 valence electrons. The van der Waals surface area contributed by atoms with Crippen molar-refractivity contribution in [3.8, 4) is 5.75 Å². The van der Waals surface area contributed by atoms with Gasteiger partial charge in [0.1, 0.15) is 12.3 Å². The number of ether oxygens (including phenoxy) is 1. The lowest BCUT2D eigenvalue weighted by atomic mass is 10.00. The van der Waals surface area contributed by atoms with Gasteiger partial charge in [-0.25, -0.2) is 4.79 Å². The van der Waals surface area contributed by atoms with Crippen LogP contribution >= 0.6 is 0 Å². The van der Waals surface area contributed by atoms with Crippen LogP contribution in [-0.2, 0) is 4.79 Å². The highest BCUT2D eigenvalue weighted by molar-refractivity contribution is 5.96. The van der Waals surface area contributed by atoms with Crippen LogP contribution < -0.4 is 9.64 Å². The van der Waals surface area contributed by atoms with E-state index in [1.165, 1.54) is 6.42 Å². The molecule has 2 aliphatic rings. The second-order valence-electron chi connectivity index (χ2n) is 6.70. The van der Waals surface area contributed by atoms with Gasteiger partial charge in [-0.15, -0.1) is 0 Å². The standard InChI is InChI=1S/C19H27N3O3/c1-3-15-6-4-5-11-21(15)18(23)14-20-12-13-22(19(20)24)16-7-9-17(25-2)10-8-16/h7-10,15H,3-6,11-14H2,1-2H3. The van der Waals surface area contributed by atoms with Crippen LogP contribution in [0, 0.1) is 0 Å². The number of likely N-dealkylation sites (tertiary alicyclic amines) is 1. The summed E-state index contributed by atoms with van der Waals surface area (Å²) in [5.74, 6) is 0.842. The average molecular weight is 345 g/mol. The quantitative estimate of drug-likeness (QED) is 0.824. The molecule has 2 aliphatic heterocycles. The Morgan fingerprint density at radius 2 is 1.92 bits per heavy atom. The van der Waals surface area contributed by atoms with E-state index in [0.29, 0.717) is 19.1 Å². The number of anilines is 1. The molecule has 6 nitrogen and oxygen atoms in total. The highest BCUT2D eigenvalue weighted by Crippen LogP contribution is 2.24. The van der Waals surface area contributed by atoms with Crippen molar-refractivity contribution >= 4 is 17.6 Å². The number of hydrogen-bond donors (Lipinski definition) is 0. The molecule has 6 heteroatoms. The Bertz CT molecular complexity index is 617. The SMILES string of the molecule is CCC1CCCCN1C(=O)CN1CCN(c2ccc(OC)cc2)C1=O. The van der Waals surface area contributed by atoms with Gasteiger partial charge in [-0.05, 0) is 49.9 Å². The predicted octanol–water partition coefficient (Wildman–Crippen LogP) is 2.73. The maximum absolute atomic E-state index is 12.7. The number of amides is 3. The van der Waals surface area contributed by atoms with Gasteiger partial charge in [0.2, 0.25) is 5.91 Å². The van der Waals surface area contributed by atoms with Crippen molar-refractivity contribution in [2.75, 3.05) is 38.2 Å². The second kappa shape index (κ2) is 7.76. The zero-order chi connectivity index (χ0) is 17.8. The van der Waals surface area contributed by atoms with Gasteiger partial charge in [-0.3, -0.25) is 9.69 Å². The molecule has 1 aromatic carbocycles. The summed E-state index contributed by atoms with van der Waals surface area (Å²) in [6, 6.07) is 7.67. The average Bonchev–Trinajstić information content (AvgIpc) is 3.02. The van der Waals surface area contributed by atoms with Gasteiger partial charge in [0.15, 0.2) is 0 Å². The van der Waals surface area contributed by atoms with Crippen LogP contribution in [-0.4, -0.2) is 61.1 Å². The molecule has 2 heterocycles. The molecule has 0 aliphatic carbocycles. The van der Waals surface area contributed by atoms with Crippen molar-refractivity contribution in [3.63, 3.8) is 0 Å². The first-order valence-corrected chi connectivity index (χ1v) is 9.14. The molecular formula is C19H27N3O3. The second-order valence-corrected chi connectivity index (χ2v) is 6.70. The third-order valence-corrected chi connectivity index (χ3v) is 5.22. The lowest BCUT2D eigenvalue weighted by Gasteiger charge is -2.36. The van der Waals surface area contributed by atoms with Crippen LogP contribution in [0.2, 0.25) is 0 Å². The normalized spacial score (nSPS) is 21.0. The number of methoxy groups -OCH3 is 1. The maximum Gasteiger partial charge on any atom is 0.325 e. The summed E-state index contributed by atoms with van der Waals surface area (Å²) in [4.78, 5) is 30.7. The minimum absolute atomic E-state index is 0.0801. The molecule has 0 aromatic heterocycles. The Kier molecular flexibility index (Phi) is 5.46. The molecule has 2 fully saturated rings. The Labute approximate surface area is 149 Å². The third kappa shape index (κ3) is 3.72. The van der Waals surface area contributed by atoms with Crippen LogP contribution in [0.15, 0.2) is 24.3 Å². The third-order valence-electron chi connectivity index (χ3n) is 5.22. The number of carbonyl (C=O) groups excluding carboxylic acids is 2. The molecule has 2 saturated heterocycles. The first-order chi connectivity index (χ1) is 12.1. The summed E-state index contributed by atoms with van der Waals surface area (Å²) in [5, 5.41) is 0. The van der Waals surface area contributed by atoms with Crippen molar-refractivity contribution < 1.29 is 14.3 Å². The fourth-order valence-corrected chi connectivity index (χ4v) is 3.74. The Morgan fingerprint density at radius 3 is 2.60 bits per heavy atom. The van der Waals surface area contributed by atoms with Crippen molar-refractivity contribution in [2.24, 2.45) is 0 Å². The van der Waals surface area contributed by atoms with Crippen LogP contribution in [0.5, 0.6) is 5.75 Å². The minimum Gasteiger partial charge on any atom is -0.497 e. The first kappa shape index (κ1) is 17.6. The lowest BCUT2D eigenvalue weighted by molar-refractivity contribution is -0.135. The van der Waals surface area contributed by atoms with Crippen molar-refractivity contribution in [1.82, 2.24) is 9.80 Å². The minimum atomic E-state index is -0.0939. The van der Waals surface area contributed by atoms with E-state index in [-0.39, 0.29) is 18.5 Å². The summed E-state index contributed by atoms with van der Waals surface area (Å²) < 4.78 is 5.16. The lowest BCUT2D eigenvalue weighted by Crippen LogP contribution is -2.48. The molecule has 25 heavy (non-hydrogen) atoms. The molecule has 3 amide bonds. The molecule has 0 saturated carbocycles. The zero-order valence-electron chi connectivity index (χ0n) is 15.1. The van der Waals surface area contributed by atoms with Crippen molar-refractivity contribution in [2.45, 2.75) is 38.6 Å². The highest BCUT2D eigenvalue weighted by Gasteiger charge is 2.33. The number of nitrogens with zero attached hydrogens (tertiary/aromatic N) is 3. The van der Waals surface area contributed by atoms with Crippen LogP contribution in [0.1, 0.15) is 32.6 Å². The van der Waals surface area contributed by atoms with Gasteiger partial charge >= 0.3 is 6.03 Å². The zero-order valence-corrected chi connectivity index (χ0v) is 15.1. The monoisotopic (exact) mass is 345 g/mol. The molecule has 3 rings (SSSR count). The molecule has 0 bridgehead atoms. The van der Waals surface area contributed by atoms with Gasteiger partial charge in [0.25, 0.3) is 0 Å². The molecular weight excluding hydrogens is 318 g/mol. The summed E-state index contributed by atoms with van der Waals surface area (Å²) in [6.07, 6.45) is 4.32. The van der Waals surface area contributed by atoms with Gasteiger partial charge < -0.3 is 14.5 Å². The van der Waals surface area contributed by atoms with Gasteiger partial charge in [-0.2, -0.15) is 0 Å². The molecule has 1 aromatic rings. The van der Waals surface area contributed by atoms with Crippen LogP contribution in [0.25, 0.3) is 0 Å². The van der Waals surface area contributed by atoms with Gasteiger partial charge in [-0.1, -0.05) is 6.92 Å². The molecule has 0 N–H and O–H groups in total. The first-order valence-electron chi connectivity index (χ1n) is 9.14. The number of hydrogen-bond acceptors (Lipinski definition) is 3. The number of carbonyl (C=O) groups is 2. The van der Waals surface area contributed by atoms with E-state index in [2.05, 4.69) is 6.92 Å². The number of rotatable bonds is 5. The number of benzene rings is 1. The summed E-state index contributed by atoms with van der Waals surface area (Å²) in [7, 11) is 1.62. The van der Waals surface area contributed by atoms with E-state index in [9.17, 15) is 9.59 Å². The smallest absolute Gasteiger partial charge is 0.325 e. The van der Waals surface area contributed by atoms with E-state index in [1.807, 2.05) is 29.2 Å². The number of piperidine rings is 1. The summed E-state index contributed by atoms with van der Waals surface area (Å²) in [6.45, 7) is 4.32. The van der Waals surface area contributed by atoms with Gasteiger partial charge in [0.05, 0.1) is 7.11 Å². The Morgan fingerprint density at radius 1 is 1.16 bits per heavy atom. The Balaban J connectivity index is 1.62. The van der Waals surface area contributed by atoms with E-state index in [0.717, 1.165) is 37.2 Å². The van der Waals surface area contributed by atoms with E-state index >= 15 is 0 Å². The van der Waals surface area contributed by atoms with Crippen LogP contribution in [0.3, 0.4) is 0 Å². The van der Waals surface area contributed by atoms with E-state index in [1.54, 1.807) is 16.9 Å². The molecule has 0 spiro atoms. The van der Waals surface area contributed by atoms with Gasteiger partial charge in [0, 0.05) is 31.4 Å². The molecule has 1 unspecified atom stereocenters. The molecule has 1 atom stereocenters. The fraction of sp³-hybridized carbons (Fsp3) is 0.579. The topological polar surface area (TPSA) is 53.1 Å². The Hall–Kier alpha value is -2.24. The van der Waals surface area contributed by atoms with E-state index in [4.69, 9.17) is 4.74 Å². The van der Waals surface area contributed by atoms with Crippen LogP contribution in [0.4, 0.5) is 10.5 Å². The van der Waals surface area contributed by atoms with Crippen molar-refractivity contribution in [1.29, 1.82) is 0 Å². The highest BCUT2D eigenvalue weighted by atomic mass is 16.5. The molecule has 0 radical (unpaired) electrons. The summed E-state index contributed by atoms with van der Waals surface area (Å²) in [5.41, 5.74) is 0.838. The predicted molar refractivity (Wildman–Crippen MR) is 97.0 cm³/mol.